The van der Waals surface area contributed by atoms with Crippen molar-refractivity contribution in [1.29, 1.82) is 0 Å². The molecule has 0 aliphatic rings. The molecule has 17 heavy (non-hydrogen) atoms. The van der Waals surface area contributed by atoms with Crippen LogP contribution in [0.1, 0.15) is 31.1 Å². The van der Waals surface area contributed by atoms with E-state index < -0.39 is 0 Å². The van der Waals surface area contributed by atoms with Crippen LogP contribution in [-0.4, -0.2) is 23.0 Å². The number of hydrogen-bond acceptors (Lipinski definition) is 3. The van der Waals surface area contributed by atoms with Crippen molar-refractivity contribution in [2.75, 3.05) is 6.61 Å². The fraction of sp³-hybridized carbons (Fsp3) is 0.538. The molecule has 3 N–H and O–H groups in total. The number of hydrogen-bond donors (Lipinski definition) is 2. The van der Waals surface area contributed by atoms with Crippen LogP contribution in [0.3, 0.4) is 0 Å². The first-order chi connectivity index (χ1) is 8.06. The molecular weight excluding hydrogens is 254 g/mol. The van der Waals surface area contributed by atoms with Gasteiger partial charge in [0.25, 0.3) is 0 Å². The molecule has 0 spiro atoms. The minimum Gasteiger partial charge on any atom is -0.396 e. The summed E-state index contributed by atoms with van der Waals surface area (Å²) in [4.78, 5) is 0. The molecule has 1 aromatic carbocycles. The Bertz CT molecular complexity index is 346. The molecule has 0 saturated carbocycles. The largest absolute Gasteiger partial charge is 0.396 e. The van der Waals surface area contributed by atoms with Crippen LogP contribution < -0.4 is 5.73 Å². The number of halogens is 1. The molecule has 0 aliphatic carbocycles. The molecule has 1 rings (SSSR count). The third kappa shape index (κ3) is 4.51. The van der Waals surface area contributed by atoms with Gasteiger partial charge in [-0.05, 0) is 25.0 Å². The average Bonchev–Trinajstić information content (AvgIpc) is 2.27. The van der Waals surface area contributed by atoms with Crippen LogP contribution >= 0.6 is 23.4 Å². The van der Waals surface area contributed by atoms with E-state index in [4.69, 9.17) is 22.4 Å². The van der Waals surface area contributed by atoms with Gasteiger partial charge in [-0.25, -0.2) is 0 Å². The molecule has 96 valence electrons. The Balaban J connectivity index is 2.83. The zero-order chi connectivity index (χ0) is 12.8. The zero-order valence-electron chi connectivity index (χ0n) is 10.3. The van der Waals surface area contributed by atoms with Crippen LogP contribution in [0.2, 0.25) is 5.02 Å². The Kier molecular flexibility index (Phi) is 6.34. The van der Waals surface area contributed by atoms with E-state index in [9.17, 15) is 0 Å². The van der Waals surface area contributed by atoms with E-state index in [-0.39, 0.29) is 17.9 Å². The van der Waals surface area contributed by atoms with E-state index in [0.29, 0.717) is 5.25 Å². The zero-order valence-corrected chi connectivity index (χ0v) is 11.8. The molecule has 0 radical (unpaired) electrons. The van der Waals surface area contributed by atoms with Crippen LogP contribution in [-0.2, 0) is 0 Å². The summed E-state index contributed by atoms with van der Waals surface area (Å²) in [5.41, 5.74) is 7.12. The second-order valence-corrected chi connectivity index (χ2v) is 6.25. The molecular formula is C13H20ClNOS. The van der Waals surface area contributed by atoms with Crippen LogP contribution in [0.4, 0.5) is 0 Å². The Labute approximate surface area is 113 Å². The fourth-order valence-electron chi connectivity index (χ4n) is 1.69. The number of rotatable bonds is 6. The lowest BCUT2D eigenvalue weighted by Gasteiger charge is -2.25. The van der Waals surface area contributed by atoms with Crippen LogP contribution in [0.25, 0.3) is 0 Å². The first-order valence-electron chi connectivity index (χ1n) is 5.82. The number of nitrogens with two attached hydrogens (primary N) is 1. The molecule has 0 fully saturated rings. The van der Waals surface area contributed by atoms with Gasteiger partial charge in [0.2, 0.25) is 0 Å². The Morgan fingerprint density at radius 2 is 2.00 bits per heavy atom. The number of thioether (sulfide) groups is 1. The molecule has 0 saturated heterocycles. The minimum absolute atomic E-state index is 0.0287. The summed E-state index contributed by atoms with van der Waals surface area (Å²) in [7, 11) is 0. The Morgan fingerprint density at radius 3 is 2.53 bits per heavy atom. The van der Waals surface area contributed by atoms with Gasteiger partial charge in [0.1, 0.15) is 0 Å². The van der Waals surface area contributed by atoms with Gasteiger partial charge in [0, 0.05) is 28.2 Å². The molecule has 0 aliphatic heterocycles. The Morgan fingerprint density at radius 1 is 1.35 bits per heavy atom. The van der Waals surface area contributed by atoms with Crippen molar-refractivity contribution < 1.29 is 5.11 Å². The monoisotopic (exact) mass is 273 g/mol. The van der Waals surface area contributed by atoms with E-state index >= 15 is 0 Å². The molecule has 4 heteroatoms. The third-order valence-corrected chi connectivity index (χ3v) is 4.62. The van der Waals surface area contributed by atoms with E-state index in [0.717, 1.165) is 17.0 Å². The van der Waals surface area contributed by atoms with E-state index in [2.05, 4.69) is 6.92 Å². The standard InChI is InChI=1S/C13H20ClNOS/c1-9(7-8-16)17-13(10(2)15)11-5-3-4-6-12(11)14/h3-6,9-10,13,16H,7-8,15H2,1-2H3. The van der Waals surface area contributed by atoms with Crippen molar-refractivity contribution in [1.82, 2.24) is 0 Å². The van der Waals surface area contributed by atoms with Crippen molar-refractivity contribution in [3.05, 3.63) is 34.9 Å². The lowest BCUT2D eigenvalue weighted by atomic mass is 10.1. The van der Waals surface area contributed by atoms with E-state index in [1.807, 2.05) is 31.2 Å². The van der Waals surface area contributed by atoms with Gasteiger partial charge in [-0.15, -0.1) is 11.8 Å². The van der Waals surface area contributed by atoms with Gasteiger partial charge in [0.15, 0.2) is 0 Å². The molecule has 3 unspecified atom stereocenters. The third-order valence-electron chi connectivity index (χ3n) is 2.60. The SMILES string of the molecule is CC(CCO)SC(c1ccccc1Cl)C(C)N. The molecule has 0 amide bonds. The number of benzene rings is 1. The molecule has 3 atom stereocenters. The predicted molar refractivity (Wildman–Crippen MR) is 76.6 cm³/mol. The number of aliphatic hydroxyl groups excluding tert-OH is 1. The lowest BCUT2D eigenvalue weighted by Crippen LogP contribution is -2.24. The first kappa shape index (κ1) is 14.8. The van der Waals surface area contributed by atoms with Gasteiger partial charge < -0.3 is 10.8 Å². The summed E-state index contributed by atoms with van der Waals surface area (Å²) in [5, 5.41) is 10.2. The maximum Gasteiger partial charge on any atom is 0.0463 e. The highest BCUT2D eigenvalue weighted by Crippen LogP contribution is 2.38. The van der Waals surface area contributed by atoms with Crippen molar-refractivity contribution in [2.24, 2.45) is 5.73 Å². The van der Waals surface area contributed by atoms with Gasteiger partial charge in [-0.1, -0.05) is 36.7 Å². The summed E-state index contributed by atoms with van der Waals surface area (Å²) in [5.74, 6) is 0. The topological polar surface area (TPSA) is 46.2 Å². The fourth-order valence-corrected chi connectivity index (χ4v) is 3.35. The summed E-state index contributed by atoms with van der Waals surface area (Å²) < 4.78 is 0. The van der Waals surface area contributed by atoms with E-state index in [1.165, 1.54) is 0 Å². The summed E-state index contributed by atoms with van der Waals surface area (Å²) in [6.45, 7) is 4.31. The molecule has 1 aromatic rings. The maximum atomic E-state index is 8.94. The molecule has 0 aromatic heterocycles. The highest BCUT2D eigenvalue weighted by atomic mass is 35.5. The second-order valence-electron chi connectivity index (χ2n) is 4.26. The first-order valence-corrected chi connectivity index (χ1v) is 7.14. The predicted octanol–water partition coefficient (Wildman–Crippen LogP) is 3.23. The van der Waals surface area contributed by atoms with Gasteiger partial charge in [-0.2, -0.15) is 0 Å². The van der Waals surface area contributed by atoms with Crippen LogP contribution in [0.15, 0.2) is 24.3 Å². The lowest BCUT2D eigenvalue weighted by molar-refractivity contribution is 0.288. The summed E-state index contributed by atoms with van der Waals surface area (Å²) >= 11 is 7.98. The van der Waals surface area contributed by atoms with Crippen molar-refractivity contribution in [3.63, 3.8) is 0 Å². The quantitative estimate of drug-likeness (QED) is 0.837. The minimum atomic E-state index is 0.0287. The second kappa shape index (κ2) is 7.27. The van der Waals surface area contributed by atoms with Gasteiger partial charge in [-0.3, -0.25) is 0 Å². The van der Waals surface area contributed by atoms with Crippen molar-refractivity contribution in [2.45, 2.75) is 36.8 Å². The summed E-state index contributed by atoms with van der Waals surface area (Å²) in [6.07, 6.45) is 0.776. The Hall–Kier alpha value is -0.220. The van der Waals surface area contributed by atoms with Crippen molar-refractivity contribution in [3.8, 4) is 0 Å². The number of aliphatic hydroxyl groups is 1. The van der Waals surface area contributed by atoms with Gasteiger partial charge in [0.05, 0.1) is 0 Å². The van der Waals surface area contributed by atoms with Crippen LogP contribution in [0.5, 0.6) is 0 Å². The molecule has 2 nitrogen and oxygen atoms in total. The van der Waals surface area contributed by atoms with Crippen LogP contribution in [0, 0.1) is 0 Å². The highest BCUT2D eigenvalue weighted by molar-refractivity contribution is 8.00. The van der Waals surface area contributed by atoms with Gasteiger partial charge >= 0.3 is 0 Å². The van der Waals surface area contributed by atoms with Crippen molar-refractivity contribution >= 4 is 23.4 Å². The smallest absolute Gasteiger partial charge is 0.0463 e. The average molecular weight is 274 g/mol. The van der Waals surface area contributed by atoms with E-state index in [1.54, 1.807) is 11.8 Å². The highest BCUT2D eigenvalue weighted by Gasteiger charge is 2.21. The molecule has 0 bridgehead atoms. The molecule has 0 heterocycles. The summed E-state index contributed by atoms with van der Waals surface area (Å²) in [6, 6.07) is 7.85. The normalized spacial score (nSPS) is 16.5. The maximum absolute atomic E-state index is 8.94.